The molecule has 1 aromatic heterocycles. The monoisotopic (exact) mass is 298 g/mol. The third kappa shape index (κ3) is 2.48. The summed E-state index contributed by atoms with van der Waals surface area (Å²) in [4.78, 5) is 15.7. The highest BCUT2D eigenvalue weighted by molar-refractivity contribution is 7.71. The molecule has 3 rings (SSSR count). The highest BCUT2D eigenvalue weighted by Crippen LogP contribution is 2.17. The summed E-state index contributed by atoms with van der Waals surface area (Å²) in [5.41, 5.74) is 1.30. The normalized spacial score (nSPS) is 10.7. The number of hydrogen-bond donors (Lipinski definition) is 1. The van der Waals surface area contributed by atoms with Gasteiger partial charge in [-0.15, -0.1) is 0 Å². The topological polar surface area (TPSA) is 47.0 Å². The van der Waals surface area contributed by atoms with E-state index in [1.807, 2.05) is 49.4 Å². The molecule has 0 radical (unpaired) electrons. The van der Waals surface area contributed by atoms with E-state index in [9.17, 15) is 4.79 Å². The fraction of sp³-hybridized carbons (Fsp3) is 0.125. The molecule has 2 aromatic carbocycles. The van der Waals surface area contributed by atoms with E-state index in [-0.39, 0.29) is 5.56 Å². The van der Waals surface area contributed by atoms with Crippen LogP contribution >= 0.6 is 12.2 Å². The summed E-state index contributed by atoms with van der Waals surface area (Å²) in [6.07, 6.45) is 0. The smallest absolute Gasteiger partial charge is 0.266 e. The average Bonchev–Trinajstić information content (AvgIpc) is 2.48. The van der Waals surface area contributed by atoms with Crippen molar-refractivity contribution in [1.82, 2.24) is 9.55 Å². The Balaban J connectivity index is 2.28. The molecule has 21 heavy (non-hydrogen) atoms. The van der Waals surface area contributed by atoms with Gasteiger partial charge in [-0.2, -0.15) is 0 Å². The number of benzene rings is 2. The number of nitrogens with zero attached hydrogens (tertiary/aromatic N) is 1. The lowest BCUT2D eigenvalue weighted by Gasteiger charge is -2.10. The molecule has 0 aliphatic rings. The molecule has 0 aliphatic carbocycles. The molecule has 0 saturated carbocycles. The van der Waals surface area contributed by atoms with E-state index >= 15 is 0 Å². The van der Waals surface area contributed by atoms with Crippen molar-refractivity contribution in [3.05, 3.63) is 63.7 Å². The van der Waals surface area contributed by atoms with Gasteiger partial charge in [0.05, 0.1) is 23.2 Å². The first-order chi connectivity index (χ1) is 10.2. The Morgan fingerprint density at radius 1 is 1.19 bits per heavy atom. The molecule has 106 valence electrons. The van der Waals surface area contributed by atoms with E-state index in [1.54, 1.807) is 6.07 Å². The van der Waals surface area contributed by atoms with Crippen LogP contribution in [0.15, 0.2) is 53.3 Å². The van der Waals surface area contributed by atoms with Gasteiger partial charge >= 0.3 is 0 Å². The van der Waals surface area contributed by atoms with Crippen LogP contribution in [0.4, 0.5) is 0 Å². The molecule has 0 bridgehead atoms. The van der Waals surface area contributed by atoms with Crippen LogP contribution in [0.3, 0.4) is 0 Å². The minimum atomic E-state index is -0.136. The molecule has 0 amide bonds. The highest BCUT2D eigenvalue weighted by Gasteiger charge is 2.07. The molecular weight excluding hydrogens is 284 g/mol. The summed E-state index contributed by atoms with van der Waals surface area (Å²) in [5, 5.41) is 0.605. The summed E-state index contributed by atoms with van der Waals surface area (Å²) < 4.78 is 7.33. The Labute approximate surface area is 126 Å². The van der Waals surface area contributed by atoms with E-state index in [4.69, 9.17) is 17.0 Å². The van der Waals surface area contributed by atoms with Gasteiger partial charge in [0.15, 0.2) is 4.77 Å². The number of H-pyrrole nitrogens is 1. The summed E-state index contributed by atoms with van der Waals surface area (Å²) in [5.74, 6) is 0.712. The number of hydrogen-bond acceptors (Lipinski definition) is 3. The van der Waals surface area contributed by atoms with E-state index in [2.05, 4.69) is 4.98 Å². The Morgan fingerprint density at radius 2 is 2.00 bits per heavy atom. The van der Waals surface area contributed by atoms with Crippen molar-refractivity contribution < 1.29 is 4.74 Å². The molecule has 0 unspecified atom stereocenters. The Kier molecular flexibility index (Phi) is 3.58. The lowest BCUT2D eigenvalue weighted by atomic mass is 10.2. The Morgan fingerprint density at radius 3 is 2.81 bits per heavy atom. The number of nitrogens with one attached hydrogen (secondary N) is 1. The molecular formula is C16H14N2O2S. The number of aromatic nitrogens is 2. The summed E-state index contributed by atoms with van der Waals surface area (Å²) in [6.45, 7) is 2.49. The molecule has 0 atom stereocenters. The van der Waals surface area contributed by atoms with Crippen LogP contribution in [0, 0.1) is 4.77 Å². The number of para-hydroxylation sites is 1. The van der Waals surface area contributed by atoms with Crippen molar-refractivity contribution in [3.63, 3.8) is 0 Å². The largest absolute Gasteiger partial charge is 0.494 e. The van der Waals surface area contributed by atoms with Crippen LogP contribution in [0.25, 0.3) is 16.6 Å². The van der Waals surface area contributed by atoms with Crippen LogP contribution in [-0.2, 0) is 0 Å². The molecule has 3 aromatic rings. The lowest BCUT2D eigenvalue weighted by molar-refractivity contribution is 0.340. The Hall–Kier alpha value is -2.40. The first-order valence-electron chi connectivity index (χ1n) is 6.68. The number of fused-ring (bicyclic) bond motifs is 1. The molecule has 1 heterocycles. The predicted molar refractivity (Wildman–Crippen MR) is 85.9 cm³/mol. The van der Waals surface area contributed by atoms with Crippen LogP contribution in [0.2, 0.25) is 0 Å². The molecule has 1 N–H and O–H groups in total. The second-order valence-corrected chi connectivity index (χ2v) is 4.93. The first kappa shape index (κ1) is 13.6. The van der Waals surface area contributed by atoms with Gasteiger partial charge in [-0.25, -0.2) is 0 Å². The van der Waals surface area contributed by atoms with Crippen LogP contribution < -0.4 is 10.3 Å². The quantitative estimate of drug-likeness (QED) is 0.753. The van der Waals surface area contributed by atoms with Crippen molar-refractivity contribution in [2.45, 2.75) is 6.92 Å². The minimum Gasteiger partial charge on any atom is -0.494 e. The third-order valence-corrected chi connectivity index (χ3v) is 3.48. The van der Waals surface area contributed by atoms with E-state index in [1.165, 1.54) is 4.57 Å². The van der Waals surface area contributed by atoms with Crippen molar-refractivity contribution in [2.75, 3.05) is 6.61 Å². The molecule has 5 heteroatoms. The maximum absolute atomic E-state index is 12.7. The van der Waals surface area contributed by atoms with Gasteiger partial charge in [0.2, 0.25) is 0 Å². The van der Waals surface area contributed by atoms with Crippen LogP contribution in [0.5, 0.6) is 5.75 Å². The summed E-state index contributed by atoms with van der Waals surface area (Å²) in [6, 6.07) is 14.7. The third-order valence-electron chi connectivity index (χ3n) is 3.19. The van der Waals surface area contributed by atoms with Crippen molar-refractivity contribution in [3.8, 4) is 11.4 Å². The highest BCUT2D eigenvalue weighted by atomic mass is 32.1. The maximum Gasteiger partial charge on any atom is 0.266 e. The Bertz CT molecular complexity index is 912. The number of rotatable bonds is 3. The lowest BCUT2D eigenvalue weighted by Crippen LogP contribution is -2.20. The SMILES string of the molecule is CCOc1cccc(-n2c(=S)[nH]c3ccccc3c2=O)c1. The zero-order chi connectivity index (χ0) is 14.8. The van der Waals surface area contributed by atoms with Crippen molar-refractivity contribution >= 4 is 23.1 Å². The standard InChI is InChI=1S/C16H14N2O2S/c1-2-20-12-7-5-6-11(10-12)18-15(19)13-8-3-4-9-14(13)17-16(18)21/h3-10H,2H2,1H3,(H,17,21). The van der Waals surface area contributed by atoms with Crippen molar-refractivity contribution in [2.24, 2.45) is 0 Å². The predicted octanol–water partition coefficient (Wildman–Crippen LogP) is 3.45. The van der Waals surface area contributed by atoms with Gasteiger partial charge in [-0.05, 0) is 43.4 Å². The summed E-state index contributed by atoms with van der Waals surface area (Å²) >= 11 is 5.32. The first-order valence-corrected chi connectivity index (χ1v) is 7.09. The van der Waals surface area contributed by atoms with Gasteiger partial charge < -0.3 is 9.72 Å². The van der Waals surface area contributed by atoms with Gasteiger partial charge in [-0.1, -0.05) is 18.2 Å². The zero-order valence-electron chi connectivity index (χ0n) is 11.5. The van der Waals surface area contributed by atoms with Gasteiger partial charge in [0, 0.05) is 6.07 Å². The van der Waals surface area contributed by atoms with E-state index in [0.717, 1.165) is 5.52 Å². The molecule has 4 nitrogen and oxygen atoms in total. The van der Waals surface area contributed by atoms with Gasteiger partial charge in [-0.3, -0.25) is 9.36 Å². The van der Waals surface area contributed by atoms with Crippen LogP contribution in [0.1, 0.15) is 6.92 Å². The fourth-order valence-corrected chi connectivity index (χ4v) is 2.57. The number of aromatic amines is 1. The fourth-order valence-electron chi connectivity index (χ4n) is 2.28. The van der Waals surface area contributed by atoms with Gasteiger partial charge in [0.1, 0.15) is 5.75 Å². The van der Waals surface area contributed by atoms with E-state index < -0.39 is 0 Å². The zero-order valence-corrected chi connectivity index (χ0v) is 12.3. The molecule has 0 saturated heterocycles. The maximum atomic E-state index is 12.7. The summed E-state index contributed by atoms with van der Waals surface area (Å²) in [7, 11) is 0. The van der Waals surface area contributed by atoms with Crippen LogP contribution in [-0.4, -0.2) is 16.2 Å². The van der Waals surface area contributed by atoms with Crippen molar-refractivity contribution in [1.29, 1.82) is 0 Å². The number of ether oxygens (including phenoxy) is 1. The molecule has 0 fully saturated rings. The van der Waals surface area contributed by atoms with Gasteiger partial charge in [0.25, 0.3) is 5.56 Å². The molecule has 0 spiro atoms. The molecule has 0 aliphatic heterocycles. The second kappa shape index (κ2) is 5.54. The average molecular weight is 298 g/mol. The second-order valence-electron chi connectivity index (χ2n) is 4.55. The van der Waals surface area contributed by atoms with E-state index in [0.29, 0.717) is 28.2 Å². The minimum absolute atomic E-state index is 0.136.